The fourth-order valence-corrected chi connectivity index (χ4v) is 4.29. The lowest BCUT2D eigenvalue weighted by atomic mass is 10.0. The Balaban J connectivity index is 1.51. The number of fused-ring (bicyclic) bond motifs is 1. The summed E-state index contributed by atoms with van der Waals surface area (Å²) in [7, 11) is 0. The molecule has 7 heteroatoms. The van der Waals surface area contributed by atoms with Crippen LogP contribution in [0.5, 0.6) is 0 Å². The smallest absolute Gasteiger partial charge is 0.263 e. The number of para-hydroxylation sites is 2. The Bertz CT molecular complexity index is 1290. The van der Waals surface area contributed by atoms with Crippen LogP contribution in [0.25, 0.3) is 11.0 Å². The minimum Gasteiger partial charge on any atom is -0.467 e. The lowest BCUT2D eigenvalue weighted by Gasteiger charge is -2.21. The van der Waals surface area contributed by atoms with E-state index in [0.717, 1.165) is 28.1 Å². The van der Waals surface area contributed by atoms with Gasteiger partial charge in [-0.3, -0.25) is 4.79 Å². The van der Waals surface area contributed by atoms with Crippen molar-refractivity contribution < 1.29 is 9.21 Å². The minimum absolute atomic E-state index is 0.111. The van der Waals surface area contributed by atoms with E-state index in [-0.39, 0.29) is 24.4 Å². The fraction of sp³-hybridized carbons (Fsp3) is 0.240. The standard InChI is InChI=1S/C25H23ClN4O2/c1-16(2)25-27-19-6-3-4-7-21(19)29(25)15-24(31)30-22(23-8-5-13-32-23)14-20(28-30)17-9-11-18(26)12-10-17/h3-13,16,22H,14-15H2,1-2H3/t22-/m0/s1. The Kier molecular flexibility index (Phi) is 5.31. The van der Waals surface area contributed by atoms with E-state index in [2.05, 4.69) is 13.8 Å². The molecule has 6 nitrogen and oxygen atoms in total. The van der Waals surface area contributed by atoms with E-state index >= 15 is 0 Å². The first-order chi connectivity index (χ1) is 15.5. The number of rotatable bonds is 5. The molecule has 5 rings (SSSR count). The van der Waals surface area contributed by atoms with Crippen LogP contribution in [0, 0.1) is 0 Å². The number of hydrogen-bond donors (Lipinski definition) is 0. The lowest BCUT2D eigenvalue weighted by molar-refractivity contribution is -0.134. The molecule has 32 heavy (non-hydrogen) atoms. The van der Waals surface area contributed by atoms with Crippen molar-refractivity contribution in [1.82, 2.24) is 14.6 Å². The molecule has 0 bridgehead atoms. The van der Waals surface area contributed by atoms with E-state index in [4.69, 9.17) is 26.1 Å². The molecule has 0 fully saturated rings. The van der Waals surface area contributed by atoms with Crippen molar-refractivity contribution >= 4 is 34.3 Å². The number of carbonyl (C=O) groups is 1. The average molecular weight is 447 g/mol. The molecule has 3 heterocycles. The number of nitrogens with zero attached hydrogens (tertiary/aromatic N) is 4. The zero-order valence-corrected chi connectivity index (χ0v) is 18.7. The molecular weight excluding hydrogens is 424 g/mol. The highest BCUT2D eigenvalue weighted by Crippen LogP contribution is 2.34. The Morgan fingerprint density at radius 1 is 1.12 bits per heavy atom. The van der Waals surface area contributed by atoms with Crippen molar-refractivity contribution in [2.24, 2.45) is 5.10 Å². The number of amides is 1. The van der Waals surface area contributed by atoms with Crippen LogP contribution in [0.3, 0.4) is 0 Å². The van der Waals surface area contributed by atoms with Gasteiger partial charge in [0.1, 0.15) is 24.2 Å². The van der Waals surface area contributed by atoms with Gasteiger partial charge in [0.2, 0.25) is 0 Å². The maximum Gasteiger partial charge on any atom is 0.263 e. The van der Waals surface area contributed by atoms with Gasteiger partial charge in [0.05, 0.1) is 23.0 Å². The molecule has 2 aromatic heterocycles. The van der Waals surface area contributed by atoms with E-state index in [9.17, 15) is 4.79 Å². The van der Waals surface area contributed by atoms with Gasteiger partial charge < -0.3 is 8.98 Å². The van der Waals surface area contributed by atoms with Crippen molar-refractivity contribution in [2.75, 3.05) is 0 Å². The van der Waals surface area contributed by atoms with Crippen LogP contribution in [-0.4, -0.2) is 26.2 Å². The highest BCUT2D eigenvalue weighted by molar-refractivity contribution is 6.30. The van der Waals surface area contributed by atoms with Crippen molar-refractivity contribution in [3.63, 3.8) is 0 Å². The second-order valence-corrected chi connectivity index (χ2v) is 8.66. The molecule has 2 aromatic carbocycles. The van der Waals surface area contributed by atoms with Gasteiger partial charge in [-0.1, -0.05) is 49.7 Å². The molecule has 1 aliphatic heterocycles. The van der Waals surface area contributed by atoms with E-state index in [1.54, 1.807) is 11.3 Å². The summed E-state index contributed by atoms with van der Waals surface area (Å²) < 4.78 is 7.66. The average Bonchev–Trinajstić information content (AvgIpc) is 3.53. The number of carbonyl (C=O) groups excluding carboxylic acids is 1. The first-order valence-electron chi connectivity index (χ1n) is 10.7. The van der Waals surface area contributed by atoms with Crippen molar-refractivity contribution in [3.05, 3.63) is 89.1 Å². The zero-order chi connectivity index (χ0) is 22.2. The summed E-state index contributed by atoms with van der Waals surface area (Å²) in [5.41, 5.74) is 3.60. The quantitative estimate of drug-likeness (QED) is 0.390. The molecule has 0 radical (unpaired) electrons. The van der Waals surface area contributed by atoms with Gasteiger partial charge in [-0.05, 0) is 42.0 Å². The third-order valence-corrected chi connectivity index (χ3v) is 5.96. The molecule has 1 atom stereocenters. The van der Waals surface area contributed by atoms with E-state index < -0.39 is 0 Å². The Labute approximate surface area is 191 Å². The largest absolute Gasteiger partial charge is 0.467 e. The van der Waals surface area contributed by atoms with Gasteiger partial charge in [0.15, 0.2) is 0 Å². The topological polar surface area (TPSA) is 63.6 Å². The minimum atomic E-state index is -0.291. The third kappa shape index (κ3) is 3.71. The molecule has 0 saturated carbocycles. The van der Waals surface area contributed by atoms with Crippen LogP contribution in [0.1, 0.15) is 49.4 Å². The van der Waals surface area contributed by atoms with Gasteiger partial charge in [-0.15, -0.1) is 0 Å². The summed E-state index contributed by atoms with van der Waals surface area (Å²) in [6.45, 7) is 4.32. The van der Waals surface area contributed by atoms with Crippen LogP contribution in [0.15, 0.2) is 76.4 Å². The van der Waals surface area contributed by atoms with E-state index in [1.165, 1.54) is 0 Å². The summed E-state index contributed by atoms with van der Waals surface area (Å²) in [6.07, 6.45) is 2.20. The molecule has 162 valence electrons. The normalized spacial score (nSPS) is 16.2. The van der Waals surface area contributed by atoms with Crippen molar-refractivity contribution in [3.8, 4) is 0 Å². The van der Waals surface area contributed by atoms with Crippen LogP contribution >= 0.6 is 11.6 Å². The summed E-state index contributed by atoms with van der Waals surface area (Å²) >= 11 is 6.05. The fourth-order valence-electron chi connectivity index (χ4n) is 4.17. The lowest BCUT2D eigenvalue weighted by Crippen LogP contribution is -2.30. The Morgan fingerprint density at radius 3 is 2.62 bits per heavy atom. The highest BCUT2D eigenvalue weighted by Gasteiger charge is 2.35. The monoisotopic (exact) mass is 446 g/mol. The number of hydrogen-bond acceptors (Lipinski definition) is 4. The second kappa shape index (κ2) is 8.28. The summed E-state index contributed by atoms with van der Waals surface area (Å²) in [5.74, 6) is 1.67. The summed E-state index contributed by atoms with van der Waals surface area (Å²) in [6, 6.07) is 18.8. The van der Waals surface area contributed by atoms with E-state index in [0.29, 0.717) is 17.2 Å². The van der Waals surface area contributed by atoms with Crippen LogP contribution in [0.4, 0.5) is 0 Å². The molecule has 4 aromatic rings. The van der Waals surface area contributed by atoms with Crippen LogP contribution in [0.2, 0.25) is 5.02 Å². The SMILES string of the molecule is CC(C)c1nc2ccccc2n1CC(=O)N1N=C(c2ccc(Cl)cc2)C[C@H]1c1ccco1. The van der Waals surface area contributed by atoms with Crippen molar-refractivity contribution in [1.29, 1.82) is 0 Å². The third-order valence-electron chi connectivity index (χ3n) is 5.71. The molecule has 0 aliphatic carbocycles. The van der Waals surface area contributed by atoms with Gasteiger partial charge >= 0.3 is 0 Å². The number of imidazole rings is 1. The maximum atomic E-state index is 13.6. The molecule has 0 saturated heterocycles. The summed E-state index contributed by atoms with van der Waals surface area (Å²) in [5, 5.41) is 6.94. The number of hydrazone groups is 1. The predicted octanol–water partition coefficient (Wildman–Crippen LogP) is 5.78. The first-order valence-corrected chi connectivity index (χ1v) is 11.0. The van der Waals surface area contributed by atoms with Gasteiger partial charge in [0, 0.05) is 17.4 Å². The Hall–Kier alpha value is -3.38. The molecule has 1 amide bonds. The summed E-state index contributed by atoms with van der Waals surface area (Å²) in [4.78, 5) is 18.3. The molecule has 0 unspecified atom stereocenters. The number of aromatic nitrogens is 2. The zero-order valence-electron chi connectivity index (χ0n) is 17.9. The van der Waals surface area contributed by atoms with Crippen molar-refractivity contribution in [2.45, 2.75) is 38.8 Å². The van der Waals surface area contributed by atoms with Crippen LogP contribution in [-0.2, 0) is 11.3 Å². The van der Waals surface area contributed by atoms with Gasteiger partial charge in [-0.25, -0.2) is 9.99 Å². The van der Waals surface area contributed by atoms with Gasteiger partial charge in [0.25, 0.3) is 5.91 Å². The highest BCUT2D eigenvalue weighted by atomic mass is 35.5. The number of benzene rings is 2. The second-order valence-electron chi connectivity index (χ2n) is 8.23. The predicted molar refractivity (Wildman–Crippen MR) is 125 cm³/mol. The molecular formula is C25H23ClN4O2. The number of halogens is 1. The maximum absolute atomic E-state index is 13.6. The van der Waals surface area contributed by atoms with Crippen LogP contribution < -0.4 is 0 Å². The molecule has 1 aliphatic rings. The van der Waals surface area contributed by atoms with E-state index in [1.807, 2.05) is 65.2 Å². The molecule has 0 N–H and O–H groups in total. The van der Waals surface area contributed by atoms with Gasteiger partial charge in [-0.2, -0.15) is 5.10 Å². The first kappa shape index (κ1) is 20.5. The molecule has 0 spiro atoms. The number of furan rings is 1. The Morgan fingerprint density at radius 2 is 1.91 bits per heavy atom.